The summed E-state index contributed by atoms with van der Waals surface area (Å²) in [5, 5.41) is 2.36. The van der Waals surface area contributed by atoms with E-state index in [1.807, 2.05) is 12.3 Å². The van der Waals surface area contributed by atoms with E-state index in [0.717, 1.165) is 34.0 Å². The lowest BCUT2D eigenvalue weighted by atomic mass is 9.85. The van der Waals surface area contributed by atoms with Gasteiger partial charge in [0.2, 0.25) is 0 Å². The van der Waals surface area contributed by atoms with E-state index < -0.39 is 0 Å². The minimum Gasteiger partial charge on any atom is -0.457 e. The fraction of sp³-hybridized carbons (Fsp3) is 0.212. The number of ether oxygens (including phenoxy) is 1. The summed E-state index contributed by atoms with van der Waals surface area (Å²) in [6.07, 6.45) is 1.92. The maximum Gasteiger partial charge on any atom is 0.137 e. The molecule has 0 atom stereocenters. The number of hydrogen-bond donors (Lipinski definition) is 0. The number of nitrogens with zero attached hydrogens (tertiary/aromatic N) is 4. The molecule has 0 fully saturated rings. The Bertz CT molecular complexity index is 2800. The van der Waals surface area contributed by atoms with Crippen molar-refractivity contribution >= 4 is 44.6 Å². The van der Waals surface area contributed by atoms with Crippen molar-refractivity contribution in [3.8, 4) is 28.4 Å². The fourth-order valence-corrected chi connectivity index (χ4v) is 8.14. The highest BCUT2D eigenvalue weighted by atomic mass is 16.5. The third-order valence-electron chi connectivity index (χ3n) is 11.5. The predicted molar refractivity (Wildman–Crippen MR) is 239 cm³/mol. The number of rotatable bonds is 6. The molecule has 0 N–H and O–H groups in total. The summed E-state index contributed by atoms with van der Waals surface area (Å²) in [5.74, 6) is 2.46. The monoisotopic (exact) mass is 746 g/mol. The minimum atomic E-state index is 0.000790. The van der Waals surface area contributed by atoms with E-state index in [4.69, 9.17) is 9.72 Å². The first-order valence-electron chi connectivity index (χ1n) is 20.0. The Morgan fingerprint density at radius 3 is 1.95 bits per heavy atom. The van der Waals surface area contributed by atoms with E-state index in [9.17, 15) is 0 Å². The second-order valence-corrected chi connectivity index (χ2v) is 17.6. The molecule has 284 valence electrons. The van der Waals surface area contributed by atoms with Gasteiger partial charge in [0.1, 0.15) is 24.0 Å². The summed E-state index contributed by atoms with van der Waals surface area (Å²) in [6.45, 7) is 18.7. The van der Waals surface area contributed by atoms with Gasteiger partial charge in [-0.25, -0.2) is 4.98 Å². The zero-order chi connectivity index (χ0) is 39.6. The number of para-hydroxylation sites is 1. The summed E-state index contributed by atoms with van der Waals surface area (Å²) in [5.41, 5.74) is 14.4. The molecule has 1 aliphatic heterocycles. The highest BCUT2D eigenvalue weighted by Gasteiger charge is 2.31. The van der Waals surface area contributed by atoms with Crippen LogP contribution in [0.3, 0.4) is 0 Å². The van der Waals surface area contributed by atoms with Crippen molar-refractivity contribution < 1.29 is 4.74 Å². The smallest absolute Gasteiger partial charge is 0.137 e. The third-order valence-corrected chi connectivity index (χ3v) is 11.5. The number of hydrogen-bond acceptors (Lipinski definition) is 4. The van der Waals surface area contributed by atoms with E-state index in [2.05, 4.69) is 203 Å². The van der Waals surface area contributed by atoms with E-state index >= 15 is 0 Å². The van der Waals surface area contributed by atoms with Crippen LogP contribution in [0.15, 0.2) is 146 Å². The Kier molecular flexibility index (Phi) is 8.73. The molecule has 0 unspecified atom stereocenters. The maximum atomic E-state index is 6.75. The van der Waals surface area contributed by atoms with Crippen LogP contribution in [-0.4, -0.2) is 16.2 Å². The molecule has 5 heteroatoms. The van der Waals surface area contributed by atoms with Gasteiger partial charge in [-0.1, -0.05) is 108 Å². The molecule has 0 amide bonds. The van der Waals surface area contributed by atoms with Gasteiger partial charge < -0.3 is 14.5 Å². The normalized spacial score (nSPS) is 13.1. The van der Waals surface area contributed by atoms with Gasteiger partial charge in [-0.15, -0.1) is 0 Å². The number of pyridine rings is 1. The van der Waals surface area contributed by atoms with E-state index in [1.165, 1.54) is 61.2 Å². The average Bonchev–Trinajstić information content (AvgIpc) is 3.72. The van der Waals surface area contributed by atoms with Crippen molar-refractivity contribution in [3.63, 3.8) is 0 Å². The van der Waals surface area contributed by atoms with Gasteiger partial charge in [-0.05, 0) is 113 Å². The molecule has 9 rings (SSSR count). The Balaban J connectivity index is 1.11. The van der Waals surface area contributed by atoms with Crippen LogP contribution >= 0.6 is 0 Å². The Hall–Kier alpha value is -6.33. The standard InChI is InChI=1S/C52H50N4O/c1-34-27-48-49(28-35(34)2)55(46-29-37(51(3,4)5)21-23-42(46)36-15-10-9-11-16-36)33-54(48)39-17-14-18-40(31-39)57-41-22-24-44-43-19-12-13-20-45(43)56(47(44)32-41)50-30-38(25-26-53-50)52(6,7)8/h9-32H,33H2,1-8H3. The van der Waals surface area contributed by atoms with Gasteiger partial charge >= 0.3 is 0 Å². The van der Waals surface area contributed by atoms with Gasteiger partial charge in [0.25, 0.3) is 0 Å². The number of anilines is 4. The Morgan fingerprint density at radius 1 is 0.526 bits per heavy atom. The lowest BCUT2D eigenvalue weighted by molar-refractivity contribution is 0.483. The van der Waals surface area contributed by atoms with Gasteiger partial charge in [0.15, 0.2) is 0 Å². The highest BCUT2D eigenvalue weighted by molar-refractivity contribution is 6.09. The van der Waals surface area contributed by atoms with Crippen molar-refractivity contribution in [2.24, 2.45) is 0 Å². The first-order chi connectivity index (χ1) is 27.3. The second-order valence-electron chi connectivity index (χ2n) is 17.6. The molecule has 6 aromatic carbocycles. The van der Waals surface area contributed by atoms with E-state index in [-0.39, 0.29) is 10.8 Å². The number of aryl methyl sites for hydroxylation is 2. The van der Waals surface area contributed by atoms with Crippen molar-refractivity contribution in [1.29, 1.82) is 0 Å². The van der Waals surface area contributed by atoms with Gasteiger partial charge in [-0.2, -0.15) is 0 Å². The summed E-state index contributed by atoms with van der Waals surface area (Å²) in [4.78, 5) is 9.78. The molecule has 3 heterocycles. The molecule has 5 nitrogen and oxygen atoms in total. The molecule has 57 heavy (non-hydrogen) atoms. The molecule has 0 saturated heterocycles. The number of aromatic nitrogens is 2. The molecule has 0 radical (unpaired) electrons. The van der Waals surface area contributed by atoms with Crippen molar-refractivity contribution in [1.82, 2.24) is 9.55 Å². The van der Waals surface area contributed by atoms with Crippen LogP contribution in [0, 0.1) is 13.8 Å². The first-order valence-corrected chi connectivity index (χ1v) is 20.0. The molecule has 1 aliphatic rings. The molecular weight excluding hydrogens is 697 g/mol. The largest absolute Gasteiger partial charge is 0.457 e. The molecule has 0 aliphatic carbocycles. The van der Waals surface area contributed by atoms with Crippen LogP contribution in [-0.2, 0) is 10.8 Å². The zero-order valence-electron chi connectivity index (χ0n) is 34.3. The molecule has 0 saturated carbocycles. The lowest BCUT2D eigenvalue weighted by Gasteiger charge is -2.28. The van der Waals surface area contributed by atoms with Gasteiger partial charge in [-0.3, -0.25) is 4.57 Å². The van der Waals surface area contributed by atoms with Crippen molar-refractivity contribution in [2.45, 2.75) is 66.2 Å². The first kappa shape index (κ1) is 36.3. The molecule has 2 aromatic heterocycles. The van der Waals surface area contributed by atoms with Gasteiger partial charge in [0.05, 0.1) is 28.1 Å². The highest BCUT2D eigenvalue weighted by Crippen LogP contribution is 2.49. The lowest BCUT2D eigenvalue weighted by Crippen LogP contribution is -2.25. The summed E-state index contributed by atoms with van der Waals surface area (Å²) < 4.78 is 9.02. The topological polar surface area (TPSA) is 33.5 Å². The van der Waals surface area contributed by atoms with E-state index in [0.29, 0.717) is 6.67 Å². The molecular formula is C52H50N4O. The second kappa shape index (κ2) is 13.7. The third kappa shape index (κ3) is 6.61. The Morgan fingerprint density at radius 2 is 1.19 bits per heavy atom. The predicted octanol–water partition coefficient (Wildman–Crippen LogP) is 14.1. The van der Waals surface area contributed by atoms with Crippen LogP contribution in [0.5, 0.6) is 11.5 Å². The van der Waals surface area contributed by atoms with Crippen LogP contribution in [0.4, 0.5) is 22.7 Å². The minimum absolute atomic E-state index is 0.000790. The average molecular weight is 747 g/mol. The molecule has 8 aromatic rings. The number of benzene rings is 6. The molecule has 0 bridgehead atoms. The van der Waals surface area contributed by atoms with Gasteiger partial charge in [0, 0.05) is 40.4 Å². The fourth-order valence-electron chi connectivity index (χ4n) is 8.14. The summed E-state index contributed by atoms with van der Waals surface area (Å²) in [6, 6.07) is 50.2. The maximum absolute atomic E-state index is 6.75. The SMILES string of the molecule is Cc1cc2c(cc1C)N(c1cc(C(C)(C)C)ccc1-c1ccccc1)CN2c1cccc(Oc2ccc3c4ccccc4n(-c4cc(C(C)(C)C)ccn4)c3c2)c1. The number of fused-ring (bicyclic) bond motifs is 4. The van der Waals surface area contributed by atoms with Crippen LogP contribution < -0.4 is 14.5 Å². The van der Waals surface area contributed by atoms with E-state index in [1.54, 1.807) is 0 Å². The molecule has 0 spiro atoms. The van der Waals surface area contributed by atoms with Crippen molar-refractivity contribution in [3.05, 3.63) is 168 Å². The van der Waals surface area contributed by atoms with Crippen LogP contribution in [0.1, 0.15) is 63.8 Å². The summed E-state index contributed by atoms with van der Waals surface area (Å²) >= 11 is 0. The zero-order valence-corrected chi connectivity index (χ0v) is 34.3. The summed E-state index contributed by atoms with van der Waals surface area (Å²) in [7, 11) is 0. The van der Waals surface area contributed by atoms with Crippen molar-refractivity contribution in [2.75, 3.05) is 16.5 Å². The quantitative estimate of drug-likeness (QED) is 0.170. The van der Waals surface area contributed by atoms with Crippen LogP contribution in [0.2, 0.25) is 0 Å². The Labute approximate surface area is 336 Å². The van der Waals surface area contributed by atoms with Crippen LogP contribution in [0.25, 0.3) is 38.8 Å².